The van der Waals surface area contributed by atoms with Crippen LogP contribution in [0.25, 0.3) is 11.2 Å². The fourth-order valence-corrected chi connectivity index (χ4v) is 4.92. The molecule has 4 heterocycles. The Hall–Kier alpha value is -1.72. The van der Waals surface area contributed by atoms with Crippen LogP contribution in [-0.4, -0.2) is 53.8 Å². The zero-order valence-electron chi connectivity index (χ0n) is 13.3. The first-order valence-electron chi connectivity index (χ1n) is 7.67. The third-order valence-corrected chi connectivity index (χ3v) is 6.47. The van der Waals surface area contributed by atoms with Gasteiger partial charge in [-0.15, -0.1) is 23.1 Å². The van der Waals surface area contributed by atoms with Crippen LogP contribution in [0, 0.1) is 6.92 Å². The maximum atomic E-state index is 10.4. The van der Waals surface area contributed by atoms with Gasteiger partial charge in [0.2, 0.25) is 0 Å². The van der Waals surface area contributed by atoms with Crippen LogP contribution in [0.3, 0.4) is 0 Å². The molecule has 0 aromatic carbocycles. The van der Waals surface area contributed by atoms with Crippen LogP contribution in [-0.2, 0) is 4.74 Å². The smallest absolute Gasteiger partial charge is 0.167 e. The SMILES string of the molecule is Cc1csc(SC[C@H]2O[C@@H](n3cnc4c(N)ncnc43)[C@H](O)[C@@H]2O)c1. The molecular weight excluding hydrogens is 362 g/mol. The number of aliphatic hydroxyl groups is 2. The van der Waals surface area contributed by atoms with Gasteiger partial charge in [-0.25, -0.2) is 15.0 Å². The standard InChI is InChI=1S/C15H17N5O3S2/c1-7-2-9(24-3-7)25-4-8-11(21)12(22)15(23-8)20-6-19-10-13(16)17-5-18-14(10)20/h2-3,5-6,8,11-12,15,21-22H,4H2,1H3,(H2,16,17,18)/t8-,11-,12-,15-/m1/s1. The number of aliphatic hydroxyl groups excluding tert-OH is 2. The first-order valence-corrected chi connectivity index (χ1v) is 9.53. The molecule has 0 unspecified atom stereocenters. The molecule has 3 aromatic rings. The summed E-state index contributed by atoms with van der Waals surface area (Å²) in [7, 11) is 0. The number of imidazole rings is 1. The third-order valence-electron chi connectivity index (χ3n) is 4.09. The second-order valence-corrected chi connectivity index (χ2v) is 8.11. The Morgan fingerprint density at radius 1 is 1.32 bits per heavy atom. The van der Waals surface area contributed by atoms with Gasteiger partial charge in [-0.3, -0.25) is 4.57 Å². The highest BCUT2D eigenvalue weighted by molar-refractivity contribution is 8.01. The number of anilines is 1. The Morgan fingerprint density at radius 2 is 2.16 bits per heavy atom. The molecule has 4 atom stereocenters. The average molecular weight is 379 g/mol. The molecule has 1 aliphatic rings. The third kappa shape index (κ3) is 3.00. The van der Waals surface area contributed by atoms with Crippen molar-refractivity contribution in [3.05, 3.63) is 29.7 Å². The number of aromatic nitrogens is 4. The monoisotopic (exact) mass is 379 g/mol. The van der Waals surface area contributed by atoms with Gasteiger partial charge < -0.3 is 20.7 Å². The predicted octanol–water partition coefficient (Wildman–Crippen LogP) is 1.19. The van der Waals surface area contributed by atoms with E-state index in [1.165, 1.54) is 18.2 Å². The highest BCUT2D eigenvalue weighted by Crippen LogP contribution is 2.35. The van der Waals surface area contributed by atoms with Crippen molar-refractivity contribution in [3.8, 4) is 0 Å². The molecule has 1 fully saturated rings. The van der Waals surface area contributed by atoms with Gasteiger partial charge in [-0.05, 0) is 23.9 Å². The highest BCUT2D eigenvalue weighted by atomic mass is 32.2. The number of hydrogen-bond acceptors (Lipinski definition) is 9. The lowest BCUT2D eigenvalue weighted by Gasteiger charge is -2.16. The second-order valence-electron chi connectivity index (χ2n) is 5.88. The molecule has 0 spiro atoms. The predicted molar refractivity (Wildman–Crippen MR) is 95.4 cm³/mol. The minimum atomic E-state index is -1.08. The van der Waals surface area contributed by atoms with Crippen molar-refractivity contribution >= 4 is 40.1 Å². The van der Waals surface area contributed by atoms with Gasteiger partial charge in [0, 0.05) is 5.75 Å². The first-order chi connectivity index (χ1) is 12.0. The Morgan fingerprint density at radius 3 is 2.92 bits per heavy atom. The molecule has 4 rings (SSSR count). The van der Waals surface area contributed by atoms with Crippen LogP contribution in [0.15, 0.2) is 28.3 Å². The van der Waals surface area contributed by atoms with E-state index in [1.807, 2.05) is 6.92 Å². The van der Waals surface area contributed by atoms with E-state index >= 15 is 0 Å². The quantitative estimate of drug-likeness (QED) is 0.578. The highest BCUT2D eigenvalue weighted by Gasteiger charge is 2.44. The van der Waals surface area contributed by atoms with Gasteiger partial charge in [0.05, 0.1) is 16.6 Å². The largest absolute Gasteiger partial charge is 0.387 e. The average Bonchev–Trinajstić information content (AvgIpc) is 3.27. The minimum absolute atomic E-state index is 0.261. The maximum Gasteiger partial charge on any atom is 0.167 e. The van der Waals surface area contributed by atoms with Crippen LogP contribution in [0.2, 0.25) is 0 Å². The molecule has 1 saturated heterocycles. The van der Waals surface area contributed by atoms with Crippen molar-refractivity contribution < 1.29 is 14.9 Å². The number of rotatable bonds is 4. The molecule has 1 aliphatic heterocycles. The van der Waals surface area contributed by atoms with Gasteiger partial charge in [0.15, 0.2) is 17.7 Å². The van der Waals surface area contributed by atoms with Crippen LogP contribution in [0.1, 0.15) is 11.8 Å². The summed E-state index contributed by atoms with van der Waals surface area (Å²) in [6.45, 7) is 2.04. The second kappa shape index (κ2) is 6.54. The molecule has 0 bridgehead atoms. The number of aryl methyl sites for hydroxylation is 1. The number of thioether (sulfide) groups is 1. The summed E-state index contributed by atoms with van der Waals surface area (Å²) in [5.41, 5.74) is 7.91. The maximum absolute atomic E-state index is 10.4. The van der Waals surface area contributed by atoms with Gasteiger partial charge in [-0.2, -0.15) is 0 Å². The molecule has 0 saturated carbocycles. The van der Waals surface area contributed by atoms with Crippen LogP contribution in [0.4, 0.5) is 5.82 Å². The molecular formula is C15H17N5O3S2. The van der Waals surface area contributed by atoms with Gasteiger partial charge >= 0.3 is 0 Å². The number of nitrogen functional groups attached to an aromatic ring is 1. The molecule has 0 aliphatic carbocycles. The molecule has 3 aromatic heterocycles. The van der Waals surface area contributed by atoms with Gasteiger partial charge in [0.25, 0.3) is 0 Å². The number of hydrogen-bond donors (Lipinski definition) is 3. The van der Waals surface area contributed by atoms with Crippen molar-refractivity contribution in [1.29, 1.82) is 0 Å². The zero-order valence-corrected chi connectivity index (χ0v) is 14.9. The summed E-state index contributed by atoms with van der Waals surface area (Å²) in [6.07, 6.45) is -0.511. The van der Waals surface area contributed by atoms with Crippen LogP contribution >= 0.6 is 23.1 Å². The number of fused-ring (bicyclic) bond motifs is 1. The fourth-order valence-electron chi connectivity index (χ4n) is 2.80. The van der Waals surface area contributed by atoms with E-state index in [-0.39, 0.29) is 5.82 Å². The van der Waals surface area contributed by atoms with E-state index in [1.54, 1.807) is 27.7 Å². The molecule has 0 radical (unpaired) electrons. The summed E-state index contributed by atoms with van der Waals surface area (Å²) in [5.74, 6) is 0.801. The van der Waals surface area contributed by atoms with E-state index in [2.05, 4.69) is 26.4 Å². The summed E-state index contributed by atoms with van der Waals surface area (Å²) >= 11 is 3.26. The van der Waals surface area contributed by atoms with Gasteiger partial charge in [-0.1, -0.05) is 0 Å². The van der Waals surface area contributed by atoms with Crippen molar-refractivity contribution in [3.63, 3.8) is 0 Å². The Labute approximate surface area is 151 Å². The number of nitrogens with two attached hydrogens (primary N) is 1. The molecule has 4 N–H and O–H groups in total. The lowest BCUT2D eigenvalue weighted by molar-refractivity contribution is -0.0288. The van der Waals surface area contributed by atoms with Gasteiger partial charge in [0.1, 0.15) is 24.1 Å². The normalized spacial score (nSPS) is 26.5. The first kappa shape index (κ1) is 16.7. The minimum Gasteiger partial charge on any atom is -0.387 e. The molecule has 0 amide bonds. The van der Waals surface area contributed by atoms with E-state index in [0.717, 1.165) is 4.21 Å². The fraction of sp³-hybridized carbons (Fsp3) is 0.400. The van der Waals surface area contributed by atoms with Crippen molar-refractivity contribution in [2.45, 2.75) is 35.7 Å². The number of ether oxygens (including phenoxy) is 1. The van der Waals surface area contributed by atoms with Crippen molar-refractivity contribution in [1.82, 2.24) is 19.5 Å². The van der Waals surface area contributed by atoms with E-state index in [0.29, 0.717) is 16.9 Å². The molecule has 10 heteroatoms. The van der Waals surface area contributed by atoms with E-state index in [9.17, 15) is 10.2 Å². The molecule has 25 heavy (non-hydrogen) atoms. The Bertz CT molecular complexity index is 898. The molecule has 132 valence electrons. The van der Waals surface area contributed by atoms with E-state index < -0.39 is 24.5 Å². The Balaban J connectivity index is 1.54. The van der Waals surface area contributed by atoms with E-state index in [4.69, 9.17) is 10.5 Å². The molecule has 8 nitrogen and oxygen atoms in total. The van der Waals surface area contributed by atoms with Crippen molar-refractivity contribution in [2.75, 3.05) is 11.5 Å². The zero-order chi connectivity index (χ0) is 17.6. The lowest BCUT2D eigenvalue weighted by Crippen LogP contribution is -2.32. The summed E-state index contributed by atoms with van der Waals surface area (Å²) in [6, 6.07) is 2.09. The van der Waals surface area contributed by atoms with Crippen LogP contribution in [0.5, 0.6) is 0 Å². The Kier molecular flexibility index (Phi) is 4.38. The lowest BCUT2D eigenvalue weighted by atomic mass is 10.1. The summed E-state index contributed by atoms with van der Waals surface area (Å²) in [4.78, 5) is 12.2. The topological polar surface area (TPSA) is 119 Å². The summed E-state index contributed by atoms with van der Waals surface area (Å²) < 4.78 is 8.65. The number of nitrogens with zero attached hydrogens (tertiary/aromatic N) is 4. The summed E-state index contributed by atoms with van der Waals surface area (Å²) in [5, 5.41) is 22.9. The van der Waals surface area contributed by atoms with Crippen molar-refractivity contribution in [2.24, 2.45) is 0 Å². The number of thiophene rings is 1. The van der Waals surface area contributed by atoms with Crippen LogP contribution < -0.4 is 5.73 Å².